The fraction of sp³-hybridized carbons (Fsp3) is 0.167. The van der Waals surface area contributed by atoms with Crippen molar-refractivity contribution in [1.82, 2.24) is 5.32 Å². The van der Waals surface area contributed by atoms with E-state index in [0.717, 1.165) is 26.9 Å². The van der Waals surface area contributed by atoms with Crippen molar-refractivity contribution < 1.29 is 9.21 Å². The maximum Gasteiger partial charge on any atom is 0.239 e. The smallest absolute Gasteiger partial charge is 0.239 e. The summed E-state index contributed by atoms with van der Waals surface area (Å²) in [5, 5.41) is 7.06. The van der Waals surface area contributed by atoms with Gasteiger partial charge in [0.25, 0.3) is 0 Å². The standard InChI is InChI=1S/C18H17BrN2O2/c1-12(17-10-13-4-2-3-5-16(13)23-17)21-18(22)11-20-15-8-6-14(19)7-9-15/h2-10,12,20H,11H2,1H3,(H,21,22)/t12-/m0/s1. The van der Waals surface area contributed by atoms with Gasteiger partial charge in [0, 0.05) is 15.5 Å². The van der Waals surface area contributed by atoms with Crippen LogP contribution in [-0.2, 0) is 4.79 Å². The Morgan fingerprint density at radius 3 is 2.65 bits per heavy atom. The van der Waals surface area contributed by atoms with E-state index >= 15 is 0 Å². The van der Waals surface area contributed by atoms with Crippen molar-refractivity contribution in [2.45, 2.75) is 13.0 Å². The largest absolute Gasteiger partial charge is 0.459 e. The minimum atomic E-state index is -0.179. The van der Waals surface area contributed by atoms with Crippen molar-refractivity contribution in [3.63, 3.8) is 0 Å². The van der Waals surface area contributed by atoms with Gasteiger partial charge in [0.2, 0.25) is 5.91 Å². The van der Waals surface area contributed by atoms with E-state index in [4.69, 9.17) is 4.42 Å². The predicted octanol–water partition coefficient (Wildman–Crippen LogP) is 4.48. The van der Waals surface area contributed by atoms with Crippen LogP contribution in [0.25, 0.3) is 11.0 Å². The van der Waals surface area contributed by atoms with Crippen molar-refractivity contribution in [2.24, 2.45) is 0 Å². The van der Waals surface area contributed by atoms with E-state index in [1.165, 1.54) is 0 Å². The number of anilines is 1. The summed E-state index contributed by atoms with van der Waals surface area (Å²) in [6.07, 6.45) is 0. The van der Waals surface area contributed by atoms with Gasteiger partial charge in [0.15, 0.2) is 0 Å². The number of furan rings is 1. The number of hydrogen-bond acceptors (Lipinski definition) is 3. The van der Waals surface area contributed by atoms with Crippen LogP contribution in [0.1, 0.15) is 18.7 Å². The first-order chi connectivity index (χ1) is 11.1. The monoisotopic (exact) mass is 372 g/mol. The molecule has 0 aliphatic heterocycles. The first-order valence-electron chi connectivity index (χ1n) is 7.39. The molecule has 1 heterocycles. The lowest BCUT2D eigenvalue weighted by Crippen LogP contribution is -2.31. The quantitative estimate of drug-likeness (QED) is 0.693. The van der Waals surface area contributed by atoms with Crippen LogP contribution >= 0.6 is 15.9 Å². The molecule has 0 spiro atoms. The number of benzene rings is 2. The van der Waals surface area contributed by atoms with Crippen molar-refractivity contribution in [2.75, 3.05) is 11.9 Å². The third-order valence-corrected chi connectivity index (χ3v) is 4.07. The number of para-hydroxylation sites is 1. The maximum atomic E-state index is 12.1. The summed E-state index contributed by atoms with van der Waals surface area (Å²) in [4.78, 5) is 12.1. The van der Waals surface area contributed by atoms with Crippen molar-refractivity contribution in [3.8, 4) is 0 Å². The van der Waals surface area contributed by atoms with Crippen LogP contribution in [0.2, 0.25) is 0 Å². The van der Waals surface area contributed by atoms with Crippen molar-refractivity contribution in [3.05, 3.63) is 64.8 Å². The van der Waals surface area contributed by atoms with Gasteiger partial charge in [-0.25, -0.2) is 0 Å². The second kappa shape index (κ2) is 6.87. The number of halogens is 1. The van der Waals surface area contributed by atoms with Crippen LogP contribution in [0.3, 0.4) is 0 Å². The molecule has 0 saturated carbocycles. The molecule has 2 N–H and O–H groups in total. The molecule has 4 nitrogen and oxygen atoms in total. The Morgan fingerprint density at radius 1 is 1.17 bits per heavy atom. The van der Waals surface area contributed by atoms with Crippen LogP contribution in [0.4, 0.5) is 5.69 Å². The minimum absolute atomic E-state index is 0.0825. The van der Waals surface area contributed by atoms with Crippen LogP contribution in [0.15, 0.2) is 63.5 Å². The summed E-state index contributed by atoms with van der Waals surface area (Å²) < 4.78 is 6.77. The average Bonchev–Trinajstić information content (AvgIpc) is 2.98. The summed E-state index contributed by atoms with van der Waals surface area (Å²) >= 11 is 3.38. The lowest BCUT2D eigenvalue weighted by molar-refractivity contribution is -0.120. The van der Waals surface area contributed by atoms with Gasteiger partial charge in [-0.2, -0.15) is 0 Å². The Balaban J connectivity index is 1.57. The Hall–Kier alpha value is -2.27. The van der Waals surface area contributed by atoms with E-state index in [2.05, 4.69) is 26.6 Å². The van der Waals surface area contributed by atoms with E-state index in [0.29, 0.717) is 0 Å². The molecule has 1 atom stereocenters. The summed E-state index contributed by atoms with van der Waals surface area (Å²) in [7, 11) is 0. The van der Waals surface area contributed by atoms with E-state index in [1.807, 2.05) is 61.5 Å². The highest BCUT2D eigenvalue weighted by Gasteiger charge is 2.13. The molecule has 3 rings (SSSR count). The van der Waals surface area contributed by atoms with Crippen molar-refractivity contribution in [1.29, 1.82) is 0 Å². The summed E-state index contributed by atoms with van der Waals surface area (Å²) in [5.74, 6) is 0.670. The number of carbonyl (C=O) groups is 1. The molecule has 23 heavy (non-hydrogen) atoms. The van der Waals surface area contributed by atoms with Gasteiger partial charge >= 0.3 is 0 Å². The zero-order valence-corrected chi connectivity index (χ0v) is 14.3. The van der Waals surface area contributed by atoms with E-state index in [9.17, 15) is 4.79 Å². The average molecular weight is 373 g/mol. The highest BCUT2D eigenvalue weighted by molar-refractivity contribution is 9.10. The second-order valence-electron chi connectivity index (χ2n) is 5.34. The molecular weight excluding hydrogens is 356 g/mol. The first-order valence-corrected chi connectivity index (χ1v) is 8.18. The Bertz CT molecular complexity index is 778. The lowest BCUT2D eigenvalue weighted by atomic mass is 10.2. The molecule has 0 aliphatic rings. The molecule has 0 radical (unpaired) electrons. The molecule has 0 unspecified atom stereocenters. The third kappa shape index (κ3) is 3.93. The van der Waals surface area contributed by atoms with Crippen LogP contribution in [0, 0.1) is 0 Å². The number of hydrogen-bond donors (Lipinski definition) is 2. The number of fused-ring (bicyclic) bond motifs is 1. The Kier molecular flexibility index (Phi) is 4.67. The molecular formula is C18H17BrN2O2. The molecule has 1 amide bonds. The number of carbonyl (C=O) groups excluding carboxylic acids is 1. The summed E-state index contributed by atoms with van der Waals surface area (Å²) in [6.45, 7) is 2.13. The topological polar surface area (TPSA) is 54.3 Å². The molecule has 3 aromatic rings. The van der Waals surface area contributed by atoms with Gasteiger partial charge < -0.3 is 15.1 Å². The predicted molar refractivity (Wildman–Crippen MR) is 95.4 cm³/mol. The Morgan fingerprint density at radius 2 is 1.91 bits per heavy atom. The van der Waals surface area contributed by atoms with Gasteiger partial charge in [0.1, 0.15) is 11.3 Å². The molecule has 0 bridgehead atoms. The van der Waals surface area contributed by atoms with Crippen LogP contribution < -0.4 is 10.6 Å². The van der Waals surface area contributed by atoms with Gasteiger partial charge in [0.05, 0.1) is 12.6 Å². The Labute approximate surface area is 143 Å². The normalized spacial score (nSPS) is 12.1. The molecule has 118 valence electrons. The fourth-order valence-corrected chi connectivity index (χ4v) is 2.59. The molecule has 0 saturated heterocycles. The van der Waals surface area contributed by atoms with Crippen LogP contribution in [-0.4, -0.2) is 12.5 Å². The number of rotatable bonds is 5. The molecule has 0 fully saturated rings. The highest BCUT2D eigenvalue weighted by atomic mass is 79.9. The first kappa shape index (κ1) is 15.6. The molecule has 5 heteroatoms. The van der Waals surface area contributed by atoms with E-state index in [-0.39, 0.29) is 18.5 Å². The molecule has 2 aromatic carbocycles. The second-order valence-corrected chi connectivity index (χ2v) is 6.25. The lowest BCUT2D eigenvalue weighted by Gasteiger charge is -2.12. The highest BCUT2D eigenvalue weighted by Crippen LogP contribution is 2.23. The van der Waals surface area contributed by atoms with Gasteiger partial charge in [-0.05, 0) is 43.3 Å². The van der Waals surface area contributed by atoms with E-state index < -0.39 is 0 Å². The number of amides is 1. The zero-order valence-electron chi connectivity index (χ0n) is 12.7. The van der Waals surface area contributed by atoms with Gasteiger partial charge in [-0.15, -0.1) is 0 Å². The van der Waals surface area contributed by atoms with E-state index in [1.54, 1.807) is 0 Å². The maximum absolute atomic E-state index is 12.1. The zero-order chi connectivity index (χ0) is 16.2. The van der Waals surface area contributed by atoms with Gasteiger partial charge in [-0.3, -0.25) is 4.79 Å². The van der Waals surface area contributed by atoms with Crippen LogP contribution in [0.5, 0.6) is 0 Å². The molecule has 0 aliphatic carbocycles. The van der Waals surface area contributed by atoms with Crippen molar-refractivity contribution >= 4 is 38.5 Å². The third-order valence-electron chi connectivity index (χ3n) is 3.55. The molecule has 1 aromatic heterocycles. The van der Waals surface area contributed by atoms with Gasteiger partial charge in [-0.1, -0.05) is 34.1 Å². The summed E-state index contributed by atoms with van der Waals surface area (Å²) in [5.41, 5.74) is 1.73. The SMILES string of the molecule is C[C@H](NC(=O)CNc1ccc(Br)cc1)c1cc2ccccc2o1. The summed E-state index contributed by atoms with van der Waals surface area (Å²) in [6, 6.07) is 17.3. The minimum Gasteiger partial charge on any atom is -0.459 e. The number of nitrogens with one attached hydrogen (secondary N) is 2. The fourth-order valence-electron chi connectivity index (χ4n) is 2.33.